The van der Waals surface area contributed by atoms with Gasteiger partial charge in [-0.3, -0.25) is 9.89 Å². The van der Waals surface area contributed by atoms with Gasteiger partial charge in [-0.1, -0.05) is 6.58 Å². The first-order chi connectivity index (χ1) is 5.74. The first kappa shape index (κ1) is 8.52. The fraction of sp³-hybridized carbons (Fsp3) is 0.250. The molecule has 0 unspecified atom stereocenters. The molecule has 64 valence electrons. The number of aromatic amines is 1. The molecule has 0 atom stereocenters. The maximum atomic E-state index is 11.0. The Kier molecular flexibility index (Phi) is 2.63. The highest BCUT2D eigenvalue weighted by Crippen LogP contribution is 1.99. The van der Waals surface area contributed by atoms with Crippen LogP contribution in [0.1, 0.15) is 5.56 Å². The molecule has 1 N–H and O–H groups in total. The summed E-state index contributed by atoms with van der Waals surface area (Å²) >= 11 is 0. The highest BCUT2D eigenvalue weighted by Gasteiger charge is 2.04. The highest BCUT2D eigenvalue weighted by atomic mass is 16.2. The van der Waals surface area contributed by atoms with Crippen molar-refractivity contribution in [3.8, 4) is 0 Å². The molecule has 0 spiro atoms. The van der Waals surface area contributed by atoms with Crippen molar-refractivity contribution in [2.24, 2.45) is 0 Å². The predicted octanol–water partition coefficient (Wildman–Crippen LogP) is 0.554. The van der Waals surface area contributed by atoms with E-state index in [0.29, 0.717) is 6.54 Å². The minimum Gasteiger partial charge on any atom is -0.338 e. The zero-order chi connectivity index (χ0) is 8.97. The lowest BCUT2D eigenvalue weighted by molar-refractivity contribution is -0.125. The summed E-state index contributed by atoms with van der Waals surface area (Å²) in [6.07, 6.45) is 4.74. The van der Waals surface area contributed by atoms with E-state index in [1.54, 1.807) is 24.3 Å². The Balaban J connectivity index is 2.52. The van der Waals surface area contributed by atoms with Gasteiger partial charge in [0.05, 0.1) is 6.20 Å². The molecule has 0 aromatic carbocycles. The van der Waals surface area contributed by atoms with Crippen LogP contribution in [-0.4, -0.2) is 28.1 Å². The number of hydrogen-bond donors (Lipinski definition) is 1. The number of rotatable bonds is 3. The lowest BCUT2D eigenvalue weighted by Crippen LogP contribution is -2.23. The third-order valence-electron chi connectivity index (χ3n) is 1.53. The lowest BCUT2D eigenvalue weighted by atomic mass is 10.3. The zero-order valence-corrected chi connectivity index (χ0v) is 6.95. The van der Waals surface area contributed by atoms with E-state index in [-0.39, 0.29) is 5.91 Å². The number of aromatic nitrogens is 2. The molecule has 0 fully saturated rings. The number of hydrogen-bond acceptors (Lipinski definition) is 2. The second-order valence-corrected chi connectivity index (χ2v) is 2.50. The Morgan fingerprint density at radius 3 is 3.17 bits per heavy atom. The van der Waals surface area contributed by atoms with Crippen molar-refractivity contribution >= 4 is 5.91 Å². The average Bonchev–Trinajstić information content (AvgIpc) is 2.55. The number of H-pyrrole nitrogens is 1. The molecular weight excluding hydrogens is 154 g/mol. The van der Waals surface area contributed by atoms with E-state index in [4.69, 9.17) is 0 Å². The summed E-state index contributed by atoms with van der Waals surface area (Å²) < 4.78 is 0. The summed E-state index contributed by atoms with van der Waals surface area (Å²) in [5.41, 5.74) is 0.979. The van der Waals surface area contributed by atoms with Crippen LogP contribution in [0.4, 0.5) is 0 Å². The second-order valence-electron chi connectivity index (χ2n) is 2.50. The van der Waals surface area contributed by atoms with Gasteiger partial charge < -0.3 is 4.90 Å². The van der Waals surface area contributed by atoms with Crippen molar-refractivity contribution in [1.82, 2.24) is 15.1 Å². The normalized spacial score (nSPS) is 9.42. The minimum atomic E-state index is -0.0869. The van der Waals surface area contributed by atoms with E-state index in [0.717, 1.165) is 5.56 Å². The molecule has 12 heavy (non-hydrogen) atoms. The van der Waals surface area contributed by atoms with Crippen LogP contribution in [0.25, 0.3) is 0 Å². The Labute approximate surface area is 70.9 Å². The van der Waals surface area contributed by atoms with Gasteiger partial charge in [0.25, 0.3) is 0 Å². The van der Waals surface area contributed by atoms with Crippen LogP contribution in [0.5, 0.6) is 0 Å². The van der Waals surface area contributed by atoms with Gasteiger partial charge in [-0.2, -0.15) is 5.10 Å². The summed E-state index contributed by atoms with van der Waals surface area (Å²) in [5, 5.41) is 6.45. The zero-order valence-electron chi connectivity index (χ0n) is 6.95. The predicted molar refractivity (Wildman–Crippen MR) is 45.3 cm³/mol. The molecule has 4 nitrogen and oxygen atoms in total. The molecule has 1 heterocycles. The topological polar surface area (TPSA) is 49.0 Å². The van der Waals surface area contributed by atoms with Crippen molar-refractivity contribution in [3.05, 3.63) is 30.6 Å². The van der Waals surface area contributed by atoms with E-state index >= 15 is 0 Å². The Bertz CT molecular complexity index is 266. The monoisotopic (exact) mass is 165 g/mol. The number of likely N-dealkylation sites (N-methyl/N-ethyl adjacent to an activating group) is 1. The van der Waals surface area contributed by atoms with Gasteiger partial charge in [0.15, 0.2) is 0 Å². The van der Waals surface area contributed by atoms with E-state index in [1.165, 1.54) is 6.08 Å². The summed E-state index contributed by atoms with van der Waals surface area (Å²) in [5.74, 6) is -0.0869. The van der Waals surface area contributed by atoms with Crippen LogP contribution in [0.15, 0.2) is 25.0 Å². The molecule has 0 radical (unpaired) electrons. The average molecular weight is 165 g/mol. The summed E-state index contributed by atoms with van der Waals surface area (Å²) in [4.78, 5) is 12.6. The molecule has 1 aromatic rings. The number of carbonyl (C=O) groups excluding carboxylic acids is 1. The molecule has 0 saturated heterocycles. The van der Waals surface area contributed by atoms with Gasteiger partial charge >= 0.3 is 0 Å². The smallest absolute Gasteiger partial charge is 0.245 e. The lowest BCUT2D eigenvalue weighted by Gasteiger charge is -2.12. The fourth-order valence-electron chi connectivity index (χ4n) is 0.872. The molecule has 1 rings (SSSR count). The van der Waals surface area contributed by atoms with Crippen molar-refractivity contribution in [2.45, 2.75) is 6.54 Å². The van der Waals surface area contributed by atoms with Crippen LogP contribution >= 0.6 is 0 Å². The maximum absolute atomic E-state index is 11.0. The van der Waals surface area contributed by atoms with Crippen molar-refractivity contribution in [3.63, 3.8) is 0 Å². The highest BCUT2D eigenvalue weighted by molar-refractivity contribution is 5.86. The van der Waals surface area contributed by atoms with Gasteiger partial charge in [0.2, 0.25) is 5.91 Å². The quantitative estimate of drug-likeness (QED) is 0.665. The van der Waals surface area contributed by atoms with Gasteiger partial charge in [0.1, 0.15) is 0 Å². The SMILES string of the molecule is C=CC(=O)N(C)Cc1cn[nH]c1. The van der Waals surface area contributed by atoms with E-state index in [9.17, 15) is 4.79 Å². The first-order valence-corrected chi connectivity index (χ1v) is 3.59. The minimum absolute atomic E-state index is 0.0869. The van der Waals surface area contributed by atoms with Crippen LogP contribution in [-0.2, 0) is 11.3 Å². The molecule has 4 heteroatoms. The van der Waals surface area contributed by atoms with Crippen LogP contribution in [0, 0.1) is 0 Å². The van der Waals surface area contributed by atoms with Crippen LogP contribution in [0.2, 0.25) is 0 Å². The molecule has 1 amide bonds. The molecule has 1 aromatic heterocycles. The van der Waals surface area contributed by atoms with E-state index in [1.807, 2.05) is 0 Å². The third-order valence-corrected chi connectivity index (χ3v) is 1.53. The summed E-state index contributed by atoms with van der Waals surface area (Å²) in [6, 6.07) is 0. The maximum Gasteiger partial charge on any atom is 0.245 e. The summed E-state index contributed by atoms with van der Waals surface area (Å²) in [6.45, 7) is 3.95. The van der Waals surface area contributed by atoms with Crippen LogP contribution < -0.4 is 0 Å². The molecule has 0 aliphatic heterocycles. The second kappa shape index (κ2) is 3.71. The van der Waals surface area contributed by atoms with Gasteiger partial charge in [0, 0.05) is 25.4 Å². The molecule has 0 aliphatic rings. The number of nitrogens with zero attached hydrogens (tertiary/aromatic N) is 2. The summed E-state index contributed by atoms with van der Waals surface area (Å²) in [7, 11) is 1.72. The Morgan fingerprint density at radius 1 is 1.92 bits per heavy atom. The first-order valence-electron chi connectivity index (χ1n) is 3.59. The Hall–Kier alpha value is -1.58. The number of nitrogens with one attached hydrogen (secondary N) is 1. The number of amides is 1. The van der Waals surface area contributed by atoms with Gasteiger partial charge in [-0.25, -0.2) is 0 Å². The van der Waals surface area contributed by atoms with Gasteiger partial charge in [-0.05, 0) is 6.08 Å². The molecule has 0 aliphatic carbocycles. The fourth-order valence-corrected chi connectivity index (χ4v) is 0.872. The molecule has 0 saturated carbocycles. The third kappa shape index (κ3) is 1.95. The largest absolute Gasteiger partial charge is 0.338 e. The van der Waals surface area contributed by atoms with Crippen molar-refractivity contribution in [1.29, 1.82) is 0 Å². The Morgan fingerprint density at radius 2 is 2.67 bits per heavy atom. The van der Waals surface area contributed by atoms with Crippen molar-refractivity contribution < 1.29 is 4.79 Å². The molecular formula is C8H11N3O. The van der Waals surface area contributed by atoms with Gasteiger partial charge in [-0.15, -0.1) is 0 Å². The van der Waals surface area contributed by atoms with E-state index in [2.05, 4.69) is 16.8 Å². The number of carbonyl (C=O) groups is 1. The van der Waals surface area contributed by atoms with E-state index < -0.39 is 0 Å². The standard InChI is InChI=1S/C8H11N3O/c1-3-8(12)11(2)6-7-4-9-10-5-7/h3-5H,1,6H2,2H3,(H,9,10). The molecule has 0 bridgehead atoms. The van der Waals surface area contributed by atoms with Crippen LogP contribution in [0.3, 0.4) is 0 Å². The van der Waals surface area contributed by atoms with Crippen molar-refractivity contribution in [2.75, 3.05) is 7.05 Å².